The van der Waals surface area contributed by atoms with Crippen molar-refractivity contribution in [3.63, 3.8) is 0 Å². The van der Waals surface area contributed by atoms with Gasteiger partial charge in [0.1, 0.15) is 0 Å². The predicted molar refractivity (Wildman–Crippen MR) is 174 cm³/mol. The summed E-state index contributed by atoms with van der Waals surface area (Å²) in [6, 6.07) is 9.74. The van der Waals surface area contributed by atoms with Crippen LogP contribution in [0.3, 0.4) is 0 Å². The molecule has 0 saturated carbocycles. The quantitative estimate of drug-likeness (QED) is 0.0583. The van der Waals surface area contributed by atoms with E-state index in [4.69, 9.17) is 33.2 Å². The summed E-state index contributed by atoms with van der Waals surface area (Å²) >= 11 is 0. The number of unbranched alkanes of at least 4 members (excludes halogenated alkanes) is 4. The molecule has 3 rings (SSSR count). The van der Waals surface area contributed by atoms with Gasteiger partial charge in [-0.3, -0.25) is 14.9 Å². The molecule has 0 bridgehead atoms. The maximum atomic E-state index is 12.4. The first-order valence-electron chi connectivity index (χ1n) is 16.3. The summed E-state index contributed by atoms with van der Waals surface area (Å²) in [7, 11) is 3.01. The molecule has 3 atom stereocenters. The van der Waals surface area contributed by atoms with Gasteiger partial charge in [-0.15, -0.1) is 0 Å². The Balaban J connectivity index is 1.97. The lowest BCUT2D eigenvalue weighted by atomic mass is 9.77. The highest BCUT2D eigenvalue weighted by Gasteiger charge is 2.42. The highest BCUT2D eigenvalue weighted by atomic mass is 16.7. The third kappa shape index (κ3) is 9.80. The van der Waals surface area contributed by atoms with Crippen molar-refractivity contribution < 1.29 is 42.9 Å². The predicted octanol–water partition coefficient (Wildman–Crippen LogP) is 7.17. The maximum absolute atomic E-state index is 12.4. The zero-order chi connectivity index (χ0) is 34.4. The average molecular weight is 657 g/mol. The number of para-hydroxylation sites is 2. The van der Waals surface area contributed by atoms with E-state index >= 15 is 0 Å². The van der Waals surface area contributed by atoms with Crippen LogP contribution in [0, 0.1) is 21.4 Å². The molecule has 1 aliphatic rings. The van der Waals surface area contributed by atoms with Crippen molar-refractivity contribution in [3.8, 4) is 40.6 Å². The summed E-state index contributed by atoms with van der Waals surface area (Å²) < 4.78 is 41.0. The van der Waals surface area contributed by atoms with E-state index in [2.05, 4.69) is 19.9 Å². The number of ether oxygens (including phenoxy) is 7. The van der Waals surface area contributed by atoms with E-state index < -0.39 is 34.7 Å². The maximum Gasteiger partial charge on any atom is 0.303 e. The zero-order valence-corrected chi connectivity index (χ0v) is 28.4. The van der Waals surface area contributed by atoms with Crippen molar-refractivity contribution in [2.45, 2.75) is 109 Å². The molecule has 1 heterocycles. The number of carbonyl (C=O) groups is 1. The number of fused-ring (bicyclic) bond motifs is 1. The number of nitriles is 1. The van der Waals surface area contributed by atoms with Crippen molar-refractivity contribution in [3.05, 3.63) is 46.0 Å². The van der Waals surface area contributed by atoms with Crippen molar-refractivity contribution in [2.75, 3.05) is 27.4 Å². The van der Waals surface area contributed by atoms with Gasteiger partial charge < -0.3 is 33.2 Å². The first kappa shape index (κ1) is 37.1. The molecule has 0 radical (unpaired) electrons. The molecular weight excluding hydrogens is 608 g/mol. The molecule has 0 aromatic heterocycles. The van der Waals surface area contributed by atoms with Crippen LogP contribution in [0.2, 0.25) is 0 Å². The van der Waals surface area contributed by atoms with Crippen LogP contribution in [0.25, 0.3) is 0 Å². The lowest BCUT2D eigenvalue weighted by Gasteiger charge is -2.30. The number of esters is 1. The van der Waals surface area contributed by atoms with Crippen LogP contribution in [0.5, 0.6) is 34.5 Å². The highest BCUT2D eigenvalue weighted by Crippen LogP contribution is 2.51. The molecule has 0 spiro atoms. The highest BCUT2D eigenvalue weighted by molar-refractivity contribution is 5.66. The van der Waals surface area contributed by atoms with E-state index in [1.54, 1.807) is 37.3 Å². The minimum Gasteiger partial charge on any atom is -0.490 e. The first-order chi connectivity index (χ1) is 22.6. The third-order valence-electron chi connectivity index (χ3n) is 8.15. The summed E-state index contributed by atoms with van der Waals surface area (Å²) in [5, 5.41) is 23.1. The third-order valence-corrected chi connectivity index (χ3v) is 8.15. The van der Waals surface area contributed by atoms with Crippen LogP contribution < -0.4 is 28.4 Å². The molecule has 12 nitrogen and oxygen atoms in total. The van der Waals surface area contributed by atoms with E-state index in [9.17, 15) is 20.2 Å². The number of nitrogens with zero attached hydrogens (tertiary/aromatic N) is 2. The van der Waals surface area contributed by atoms with E-state index in [1.165, 1.54) is 21.1 Å². The van der Waals surface area contributed by atoms with Gasteiger partial charge in [-0.2, -0.15) is 5.26 Å². The van der Waals surface area contributed by atoms with Gasteiger partial charge in [-0.25, -0.2) is 0 Å². The van der Waals surface area contributed by atoms with E-state index in [0.717, 1.165) is 38.5 Å². The van der Waals surface area contributed by atoms with Crippen LogP contribution in [0.15, 0.2) is 30.3 Å². The van der Waals surface area contributed by atoms with Gasteiger partial charge in [-0.05, 0) is 50.8 Å². The van der Waals surface area contributed by atoms with Gasteiger partial charge in [-0.1, -0.05) is 51.7 Å². The van der Waals surface area contributed by atoms with Gasteiger partial charge in [0.25, 0.3) is 6.04 Å². The van der Waals surface area contributed by atoms with Gasteiger partial charge in [0.2, 0.25) is 17.8 Å². The van der Waals surface area contributed by atoms with Crippen LogP contribution in [0.4, 0.5) is 0 Å². The Morgan fingerprint density at radius 2 is 1.60 bits per heavy atom. The molecule has 0 amide bonds. The molecule has 2 aromatic carbocycles. The van der Waals surface area contributed by atoms with Crippen LogP contribution in [0.1, 0.15) is 91.0 Å². The number of rotatable bonds is 21. The van der Waals surface area contributed by atoms with Crippen molar-refractivity contribution >= 4 is 5.97 Å². The monoisotopic (exact) mass is 656 g/mol. The molecule has 0 saturated heterocycles. The zero-order valence-electron chi connectivity index (χ0n) is 28.4. The Morgan fingerprint density at radius 1 is 1.00 bits per heavy atom. The van der Waals surface area contributed by atoms with Crippen LogP contribution in [-0.4, -0.2) is 56.8 Å². The Bertz CT molecular complexity index is 1350. The molecule has 258 valence electrons. The topological polar surface area (TPSA) is 149 Å². The Kier molecular flexibility index (Phi) is 14.2. The van der Waals surface area contributed by atoms with E-state index in [-0.39, 0.29) is 19.3 Å². The molecule has 0 N–H and O–H groups in total. The summed E-state index contributed by atoms with van der Waals surface area (Å²) in [5.41, 5.74) is -0.783. The fourth-order valence-electron chi connectivity index (χ4n) is 5.54. The van der Waals surface area contributed by atoms with Gasteiger partial charge in [0.05, 0.1) is 45.3 Å². The van der Waals surface area contributed by atoms with E-state index in [0.29, 0.717) is 53.3 Å². The fourth-order valence-corrected chi connectivity index (χ4v) is 5.54. The number of carbonyl (C=O) groups excluding carboxylic acids is 1. The summed E-state index contributed by atoms with van der Waals surface area (Å²) in [6.45, 7) is 7.92. The number of benzene rings is 2. The van der Waals surface area contributed by atoms with Gasteiger partial charge >= 0.3 is 5.97 Å². The molecule has 12 heteroatoms. The summed E-state index contributed by atoms with van der Waals surface area (Å²) in [4.78, 5) is 24.1. The van der Waals surface area contributed by atoms with Crippen molar-refractivity contribution in [1.82, 2.24) is 0 Å². The molecule has 2 aromatic rings. The molecule has 0 fully saturated rings. The van der Waals surface area contributed by atoms with Crippen molar-refractivity contribution in [1.29, 1.82) is 5.26 Å². The second-order valence-corrected chi connectivity index (χ2v) is 11.8. The second kappa shape index (κ2) is 18.1. The SMILES string of the molecule is CCCCCOc1cc(C(C)(C#N)CCC(OC(C)=O)C(CC2Oc3ccccc3O2)[N+](=O)[O-])c(OCCCCC)c(OC)c1OC. The molecule has 3 unspecified atom stereocenters. The normalized spacial score (nSPS) is 14.7. The Hall–Kier alpha value is -4.40. The van der Waals surface area contributed by atoms with Gasteiger partial charge in [0.15, 0.2) is 29.1 Å². The smallest absolute Gasteiger partial charge is 0.303 e. The second-order valence-electron chi connectivity index (χ2n) is 11.8. The number of hydrogen-bond donors (Lipinski definition) is 0. The van der Waals surface area contributed by atoms with Gasteiger partial charge in [0, 0.05) is 17.4 Å². The Labute approximate surface area is 277 Å². The van der Waals surface area contributed by atoms with Crippen LogP contribution >= 0.6 is 0 Å². The average Bonchev–Trinajstić information content (AvgIpc) is 3.48. The Morgan fingerprint density at radius 3 is 2.11 bits per heavy atom. The minimum atomic E-state index is -1.37. The lowest BCUT2D eigenvalue weighted by molar-refractivity contribution is -0.537. The summed E-state index contributed by atoms with van der Waals surface area (Å²) in [5.74, 6) is 1.66. The number of methoxy groups -OCH3 is 2. The standard InChI is InChI=1S/C35H48N2O10/c1-7-9-13-19-43-30-21-25(32(44-20-14-10-8-2)34(42-6)33(30)41-5)35(4,23-36)18-17-27(45-24(3)38)26(37(39)40)22-31-46-28-15-11-12-16-29(28)47-31/h11-12,15-16,21,26-27,31H,7-10,13-14,17-20,22H2,1-6H3. The van der Waals surface area contributed by atoms with E-state index in [1.807, 2.05) is 0 Å². The molecule has 47 heavy (non-hydrogen) atoms. The largest absolute Gasteiger partial charge is 0.490 e. The minimum absolute atomic E-state index is 0.00867. The first-order valence-corrected chi connectivity index (χ1v) is 16.3. The lowest BCUT2D eigenvalue weighted by Crippen LogP contribution is -2.42. The number of hydrogen-bond acceptors (Lipinski definition) is 11. The molecular formula is C35H48N2O10. The molecule has 1 aliphatic heterocycles. The van der Waals surface area contributed by atoms with Crippen molar-refractivity contribution in [2.24, 2.45) is 0 Å². The summed E-state index contributed by atoms with van der Waals surface area (Å²) in [6.07, 6.45) is 3.34. The molecule has 0 aliphatic carbocycles. The van der Waals surface area contributed by atoms with Crippen LogP contribution in [-0.2, 0) is 14.9 Å². The fraction of sp³-hybridized carbons (Fsp3) is 0.600. The number of nitro groups is 1.